The zero-order valence-electron chi connectivity index (χ0n) is 9.22. The topological polar surface area (TPSA) is 41.1 Å². The van der Waals surface area contributed by atoms with Gasteiger partial charge in [-0.1, -0.05) is 17.7 Å². The molecule has 4 heteroatoms. The van der Waals surface area contributed by atoms with E-state index in [0.717, 1.165) is 24.9 Å². The molecule has 2 N–H and O–H groups in total. The van der Waals surface area contributed by atoms with Crippen LogP contribution in [0.5, 0.6) is 0 Å². The molecule has 86 valence electrons. The Kier molecular flexibility index (Phi) is 3.46. The molecule has 1 atom stereocenters. The van der Waals surface area contributed by atoms with Crippen molar-refractivity contribution in [3.63, 3.8) is 0 Å². The molecular weight excluding hydrogens is 224 g/mol. The summed E-state index contributed by atoms with van der Waals surface area (Å²) in [5, 5.41) is 6.59. The van der Waals surface area contributed by atoms with Crippen molar-refractivity contribution >= 4 is 23.2 Å². The second-order valence-electron chi connectivity index (χ2n) is 4.12. The first-order valence-electron chi connectivity index (χ1n) is 5.47. The molecule has 0 spiro atoms. The Morgan fingerprint density at radius 2 is 2.38 bits per heavy atom. The lowest BCUT2D eigenvalue weighted by Crippen LogP contribution is -2.35. The number of aryl methyl sites for hydroxylation is 1. The third kappa shape index (κ3) is 2.54. The number of carbonyl (C=O) groups excluding carboxylic acids is 1. The summed E-state index contributed by atoms with van der Waals surface area (Å²) in [5.41, 5.74) is 1.77. The Hall–Kier alpha value is -1.06. The van der Waals surface area contributed by atoms with Crippen LogP contribution in [0.2, 0.25) is 5.02 Å². The molecule has 1 aromatic carbocycles. The second-order valence-corrected chi connectivity index (χ2v) is 4.53. The largest absolute Gasteiger partial charge is 0.323 e. The van der Waals surface area contributed by atoms with Gasteiger partial charge in [-0.15, -0.1) is 0 Å². The van der Waals surface area contributed by atoms with Gasteiger partial charge in [-0.2, -0.15) is 0 Å². The number of rotatable bonds is 2. The number of halogens is 1. The standard InChI is InChI=1S/C12H15ClN2O/c1-8-4-5-10(9(13)7-8)15-12(16)11-3-2-6-14-11/h4-5,7,11,14H,2-3,6H2,1H3,(H,15,16)/t11-/m1/s1. The summed E-state index contributed by atoms with van der Waals surface area (Å²) in [6, 6.07) is 5.55. The van der Waals surface area contributed by atoms with Gasteiger partial charge in [0, 0.05) is 0 Å². The first-order valence-corrected chi connectivity index (χ1v) is 5.85. The van der Waals surface area contributed by atoms with E-state index in [0.29, 0.717) is 10.7 Å². The summed E-state index contributed by atoms with van der Waals surface area (Å²) < 4.78 is 0. The zero-order valence-corrected chi connectivity index (χ0v) is 9.97. The average Bonchev–Trinajstić information content (AvgIpc) is 2.75. The van der Waals surface area contributed by atoms with Crippen molar-refractivity contribution in [3.05, 3.63) is 28.8 Å². The minimum atomic E-state index is -0.0719. The number of hydrogen-bond donors (Lipinski definition) is 2. The number of carbonyl (C=O) groups is 1. The summed E-state index contributed by atoms with van der Waals surface area (Å²) >= 11 is 6.05. The normalized spacial score (nSPS) is 19.8. The summed E-state index contributed by atoms with van der Waals surface area (Å²) in [5.74, 6) is 0.00301. The molecule has 1 fully saturated rings. The molecule has 3 nitrogen and oxygen atoms in total. The van der Waals surface area contributed by atoms with Gasteiger partial charge in [0.05, 0.1) is 16.8 Å². The van der Waals surface area contributed by atoms with Gasteiger partial charge in [-0.05, 0) is 44.0 Å². The van der Waals surface area contributed by atoms with E-state index in [-0.39, 0.29) is 11.9 Å². The molecule has 16 heavy (non-hydrogen) atoms. The fraction of sp³-hybridized carbons (Fsp3) is 0.417. The first kappa shape index (κ1) is 11.4. The Bertz CT molecular complexity index is 400. The van der Waals surface area contributed by atoms with Crippen molar-refractivity contribution in [2.24, 2.45) is 0 Å². The van der Waals surface area contributed by atoms with Crippen molar-refractivity contribution in [1.29, 1.82) is 0 Å². The molecular formula is C12H15ClN2O. The lowest BCUT2D eigenvalue weighted by atomic mass is 10.2. The Labute approximate surface area is 100 Å². The minimum absolute atomic E-state index is 0.00301. The monoisotopic (exact) mass is 238 g/mol. The fourth-order valence-corrected chi connectivity index (χ4v) is 2.13. The van der Waals surface area contributed by atoms with E-state index in [2.05, 4.69) is 10.6 Å². The van der Waals surface area contributed by atoms with Gasteiger partial charge in [0.1, 0.15) is 0 Å². The lowest BCUT2D eigenvalue weighted by molar-refractivity contribution is -0.117. The molecule has 1 aromatic rings. The molecule has 2 rings (SSSR count). The Balaban J connectivity index is 2.05. The van der Waals surface area contributed by atoms with Gasteiger partial charge < -0.3 is 10.6 Å². The highest BCUT2D eigenvalue weighted by Crippen LogP contribution is 2.23. The SMILES string of the molecule is Cc1ccc(NC(=O)[C@H]2CCCN2)c(Cl)c1. The van der Waals surface area contributed by atoms with E-state index in [1.165, 1.54) is 0 Å². The van der Waals surface area contributed by atoms with Gasteiger partial charge in [0.15, 0.2) is 0 Å². The van der Waals surface area contributed by atoms with Crippen LogP contribution in [0, 0.1) is 6.92 Å². The third-order valence-corrected chi connectivity index (χ3v) is 3.07. The van der Waals surface area contributed by atoms with Gasteiger partial charge in [-0.25, -0.2) is 0 Å². The molecule has 1 aliphatic rings. The molecule has 0 aliphatic carbocycles. The van der Waals surface area contributed by atoms with Gasteiger partial charge in [-0.3, -0.25) is 4.79 Å². The average molecular weight is 239 g/mol. The molecule has 1 amide bonds. The predicted octanol–water partition coefficient (Wildman–Crippen LogP) is 2.34. The predicted molar refractivity (Wildman–Crippen MR) is 65.8 cm³/mol. The molecule has 1 aliphatic heterocycles. The zero-order chi connectivity index (χ0) is 11.5. The number of benzene rings is 1. The Morgan fingerprint density at radius 3 is 3.00 bits per heavy atom. The van der Waals surface area contributed by atoms with E-state index in [9.17, 15) is 4.79 Å². The van der Waals surface area contributed by atoms with Crippen LogP contribution < -0.4 is 10.6 Å². The van der Waals surface area contributed by atoms with Crippen LogP contribution in [0.1, 0.15) is 18.4 Å². The quantitative estimate of drug-likeness (QED) is 0.831. The molecule has 1 saturated heterocycles. The summed E-state index contributed by atoms with van der Waals surface area (Å²) in [6.45, 7) is 2.88. The maximum absolute atomic E-state index is 11.8. The van der Waals surface area contributed by atoms with Crippen molar-refractivity contribution in [2.75, 3.05) is 11.9 Å². The van der Waals surface area contributed by atoms with E-state index >= 15 is 0 Å². The summed E-state index contributed by atoms with van der Waals surface area (Å²) in [6.07, 6.45) is 1.95. The van der Waals surface area contributed by atoms with Crippen LogP contribution in [-0.2, 0) is 4.79 Å². The Morgan fingerprint density at radius 1 is 1.56 bits per heavy atom. The van der Waals surface area contributed by atoms with Gasteiger partial charge in [0.25, 0.3) is 0 Å². The molecule has 0 unspecified atom stereocenters. The summed E-state index contributed by atoms with van der Waals surface area (Å²) in [7, 11) is 0. The van der Waals surface area contributed by atoms with E-state index in [1.807, 2.05) is 25.1 Å². The highest BCUT2D eigenvalue weighted by molar-refractivity contribution is 6.33. The highest BCUT2D eigenvalue weighted by Gasteiger charge is 2.22. The molecule has 1 heterocycles. The van der Waals surface area contributed by atoms with Crippen molar-refractivity contribution in [3.8, 4) is 0 Å². The first-order chi connectivity index (χ1) is 7.66. The second kappa shape index (κ2) is 4.85. The van der Waals surface area contributed by atoms with Crippen molar-refractivity contribution < 1.29 is 4.79 Å². The molecule has 0 aromatic heterocycles. The van der Waals surface area contributed by atoms with E-state index in [4.69, 9.17) is 11.6 Å². The number of amides is 1. The van der Waals surface area contributed by atoms with Crippen LogP contribution in [0.4, 0.5) is 5.69 Å². The van der Waals surface area contributed by atoms with Crippen LogP contribution in [0.3, 0.4) is 0 Å². The molecule has 0 radical (unpaired) electrons. The minimum Gasteiger partial charge on any atom is -0.323 e. The van der Waals surface area contributed by atoms with Crippen LogP contribution in [0.15, 0.2) is 18.2 Å². The third-order valence-electron chi connectivity index (χ3n) is 2.76. The smallest absolute Gasteiger partial charge is 0.241 e. The van der Waals surface area contributed by atoms with E-state index in [1.54, 1.807) is 0 Å². The number of nitrogens with one attached hydrogen (secondary N) is 2. The maximum atomic E-state index is 11.8. The van der Waals surface area contributed by atoms with Crippen LogP contribution in [0.25, 0.3) is 0 Å². The summed E-state index contributed by atoms with van der Waals surface area (Å²) in [4.78, 5) is 11.8. The molecule has 0 bridgehead atoms. The van der Waals surface area contributed by atoms with Gasteiger partial charge in [0.2, 0.25) is 5.91 Å². The van der Waals surface area contributed by atoms with Crippen molar-refractivity contribution in [1.82, 2.24) is 5.32 Å². The number of anilines is 1. The van der Waals surface area contributed by atoms with Crippen LogP contribution in [-0.4, -0.2) is 18.5 Å². The highest BCUT2D eigenvalue weighted by atomic mass is 35.5. The van der Waals surface area contributed by atoms with Crippen LogP contribution >= 0.6 is 11.6 Å². The van der Waals surface area contributed by atoms with Gasteiger partial charge >= 0.3 is 0 Å². The molecule has 0 saturated carbocycles. The number of hydrogen-bond acceptors (Lipinski definition) is 2. The fourth-order valence-electron chi connectivity index (χ4n) is 1.85. The van der Waals surface area contributed by atoms with E-state index < -0.39 is 0 Å². The lowest BCUT2D eigenvalue weighted by Gasteiger charge is -2.12. The van der Waals surface area contributed by atoms with Crippen molar-refractivity contribution in [2.45, 2.75) is 25.8 Å². The maximum Gasteiger partial charge on any atom is 0.241 e.